The van der Waals surface area contributed by atoms with Crippen molar-refractivity contribution in [3.63, 3.8) is 0 Å². The SMILES string of the molecule is Cc1cc(F)c(C(=O)Nc2cccc(/C(=N/N)N(N)C(C)CO)n2)cc1/C(N)=C/C=NC(C)C. The van der Waals surface area contributed by atoms with Crippen LogP contribution in [0.15, 0.2) is 46.5 Å². The summed E-state index contributed by atoms with van der Waals surface area (Å²) in [4.78, 5) is 21.4. The molecular formula is C23H31FN8O2. The lowest BCUT2D eigenvalue weighted by molar-refractivity contribution is 0.102. The number of anilines is 1. The molecule has 10 nitrogen and oxygen atoms in total. The number of pyridine rings is 1. The fraction of sp³-hybridized carbons (Fsp3) is 0.304. The van der Waals surface area contributed by atoms with Crippen molar-refractivity contribution in [1.29, 1.82) is 0 Å². The summed E-state index contributed by atoms with van der Waals surface area (Å²) in [6.07, 6.45) is 3.18. The Labute approximate surface area is 198 Å². The summed E-state index contributed by atoms with van der Waals surface area (Å²) in [5, 5.41) is 16.7. The Morgan fingerprint density at radius 3 is 2.62 bits per heavy atom. The van der Waals surface area contributed by atoms with Gasteiger partial charge in [-0.1, -0.05) is 6.07 Å². The number of amides is 1. The highest BCUT2D eigenvalue weighted by molar-refractivity contribution is 6.05. The molecule has 2 rings (SSSR count). The molecule has 0 saturated heterocycles. The van der Waals surface area contributed by atoms with Crippen molar-refractivity contribution in [2.75, 3.05) is 11.9 Å². The van der Waals surface area contributed by atoms with Crippen LogP contribution in [0.25, 0.3) is 5.70 Å². The molecule has 0 radical (unpaired) electrons. The number of rotatable bonds is 8. The molecule has 34 heavy (non-hydrogen) atoms. The number of amidine groups is 1. The molecule has 2 aromatic rings. The maximum atomic E-state index is 14.7. The van der Waals surface area contributed by atoms with Crippen molar-refractivity contribution in [2.24, 2.45) is 27.5 Å². The highest BCUT2D eigenvalue weighted by Gasteiger charge is 2.19. The summed E-state index contributed by atoms with van der Waals surface area (Å²) >= 11 is 0. The van der Waals surface area contributed by atoms with E-state index < -0.39 is 17.8 Å². The highest BCUT2D eigenvalue weighted by Crippen LogP contribution is 2.21. The number of halogens is 1. The second kappa shape index (κ2) is 11.9. The largest absolute Gasteiger partial charge is 0.398 e. The molecule has 0 fully saturated rings. The summed E-state index contributed by atoms with van der Waals surface area (Å²) < 4.78 is 14.7. The number of carbonyl (C=O) groups excluding carboxylic acids is 1. The molecule has 0 aliphatic carbocycles. The molecular weight excluding hydrogens is 439 g/mol. The van der Waals surface area contributed by atoms with Crippen LogP contribution in [0.4, 0.5) is 10.2 Å². The van der Waals surface area contributed by atoms with Gasteiger partial charge in [-0.25, -0.2) is 15.2 Å². The van der Waals surface area contributed by atoms with Gasteiger partial charge in [-0.15, -0.1) is 0 Å². The first-order chi connectivity index (χ1) is 16.1. The van der Waals surface area contributed by atoms with Crippen molar-refractivity contribution in [1.82, 2.24) is 9.99 Å². The summed E-state index contributed by atoms with van der Waals surface area (Å²) in [6, 6.07) is 6.96. The number of benzene rings is 1. The van der Waals surface area contributed by atoms with Gasteiger partial charge in [-0.2, -0.15) is 5.10 Å². The minimum atomic E-state index is -0.716. The minimum Gasteiger partial charge on any atom is -0.398 e. The lowest BCUT2D eigenvalue weighted by atomic mass is 10.0. The van der Waals surface area contributed by atoms with Crippen molar-refractivity contribution in [2.45, 2.75) is 39.8 Å². The first kappa shape index (κ1) is 26.4. The molecule has 0 spiro atoms. The van der Waals surface area contributed by atoms with Gasteiger partial charge >= 0.3 is 0 Å². The van der Waals surface area contributed by atoms with E-state index in [0.29, 0.717) is 16.8 Å². The second-order valence-corrected chi connectivity index (χ2v) is 7.91. The Balaban J connectivity index is 2.33. The molecule has 11 heteroatoms. The predicted molar refractivity (Wildman–Crippen MR) is 132 cm³/mol. The number of allylic oxidation sites excluding steroid dienone is 1. The molecule has 1 aromatic heterocycles. The third kappa shape index (κ3) is 6.59. The number of nitrogens with one attached hydrogen (secondary N) is 1. The highest BCUT2D eigenvalue weighted by atomic mass is 19.1. The van der Waals surface area contributed by atoms with Gasteiger partial charge in [-0.3, -0.25) is 14.8 Å². The molecule has 0 aliphatic rings. The van der Waals surface area contributed by atoms with E-state index in [1.165, 1.54) is 18.2 Å². The van der Waals surface area contributed by atoms with E-state index in [1.54, 1.807) is 38.3 Å². The zero-order chi connectivity index (χ0) is 25.4. The zero-order valence-corrected chi connectivity index (χ0v) is 19.7. The Bertz CT molecular complexity index is 1110. The number of hydrazine groups is 1. The van der Waals surface area contributed by atoms with Gasteiger partial charge in [0, 0.05) is 23.5 Å². The number of nitrogens with zero attached hydrogens (tertiary/aromatic N) is 4. The molecule has 8 N–H and O–H groups in total. The Morgan fingerprint density at radius 1 is 1.29 bits per heavy atom. The van der Waals surface area contributed by atoms with Gasteiger partial charge in [0.1, 0.15) is 17.3 Å². The van der Waals surface area contributed by atoms with Crippen LogP contribution in [-0.2, 0) is 0 Å². The van der Waals surface area contributed by atoms with Gasteiger partial charge in [0.25, 0.3) is 5.91 Å². The smallest absolute Gasteiger partial charge is 0.259 e. The van der Waals surface area contributed by atoms with Gasteiger partial charge in [0.2, 0.25) is 0 Å². The maximum absolute atomic E-state index is 14.7. The van der Waals surface area contributed by atoms with Crippen molar-refractivity contribution in [3.05, 3.63) is 64.6 Å². The maximum Gasteiger partial charge on any atom is 0.259 e. The summed E-state index contributed by atoms with van der Waals surface area (Å²) in [5.41, 5.74) is 7.62. The number of hydrogen-bond donors (Lipinski definition) is 5. The average molecular weight is 471 g/mol. The van der Waals surface area contributed by atoms with E-state index in [4.69, 9.17) is 17.4 Å². The van der Waals surface area contributed by atoms with Gasteiger partial charge < -0.3 is 22.0 Å². The second-order valence-electron chi connectivity index (χ2n) is 7.91. The lowest BCUT2D eigenvalue weighted by Gasteiger charge is -2.25. The Kier molecular flexibility index (Phi) is 9.22. The van der Waals surface area contributed by atoms with Crippen LogP contribution in [-0.4, -0.2) is 51.7 Å². The third-order valence-electron chi connectivity index (χ3n) is 4.83. The van der Waals surface area contributed by atoms with Crippen LogP contribution in [0.2, 0.25) is 0 Å². The van der Waals surface area contributed by atoms with Gasteiger partial charge in [0.15, 0.2) is 5.84 Å². The van der Waals surface area contributed by atoms with E-state index in [2.05, 4.69) is 20.4 Å². The van der Waals surface area contributed by atoms with Gasteiger partial charge in [-0.05, 0) is 63.6 Å². The topological polar surface area (TPSA) is 168 Å². The molecule has 0 aliphatic heterocycles. The van der Waals surface area contributed by atoms with Crippen molar-refractivity contribution in [3.8, 4) is 0 Å². The first-order valence-electron chi connectivity index (χ1n) is 10.6. The normalized spacial score (nSPS) is 13.4. The molecule has 0 bridgehead atoms. The molecule has 1 heterocycles. The predicted octanol–water partition coefficient (Wildman–Crippen LogP) is 1.74. The van der Waals surface area contributed by atoms with Crippen LogP contribution in [0.5, 0.6) is 0 Å². The standard InChI is InChI=1S/C23H31FN8O2/c1-13(2)28-9-8-19(25)16-11-17(18(24)10-14(16)3)23(34)30-21-7-5-6-20(29-21)22(31-26)32(27)15(4)12-33/h5-11,13,15,33H,12,25-27H2,1-4H3,(H,29,30,34)/b19-8-,28-9?,31-22-. The van der Waals surface area contributed by atoms with Crippen LogP contribution < -0.4 is 22.7 Å². The van der Waals surface area contributed by atoms with E-state index in [-0.39, 0.29) is 35.6 Å². The van der Waals surface area contributed by atoms with E-state index in [9.17, 15) is 14.3 Å². The number of aliphatic hydroxyl groups excluding tert-OH is 1. The average Bonchev–Trinajstić information content (AvgIpc) is 2.78. The van der Waals surface area contributed by atoms with E-state index in [0.717, 1.165) is 5.01 Å². The molecule has 1 amide bonds. The Morgan fingerprint density at radius 2 is 2.00 bits per heavy atom. The first-order valence-corrected chi connectivity index (χ1v) is 10.6. The minimum absolute atomic E-state index is 0.0995. The number of hydrazone groups is 1. The Hall–Kier alpha value is -3.83. The van der Waals surface area contributed by atoms with Crippen molar-refractivity contribution < 1.29 is 14.3 Å². The number of aromatic nitrogens is 1. The van der Waals surface area contributed by atoms with E-state index >= 15 is 0 Å². The third-order valence-corrected chi connectivity index (χ3v) is 4.83. The summed E-state index contributed by atoms with van der Waals surface area (Å²) in [6.45, 7) is 6.99. The number of hydrogen-bond acceptors (Lipinski definition) is 8. The van der Waals surface area contributed by atoms with Gasteiger partial charge in [0.05, 0.1) is 18.2 Å². The molecule has 182 valence electrons. The van der Waals surface area contributed by atoms with Crippen LogP contribution >= 0.6 is 0 Å². The number of nitrogens with two attached hydrogens (primary N) is 3. The zero-order valence-electron chi connectivity index (χ0n) is 19.7. The van der Waals surface area contributed by atoms with Crippen LogP contribution in [0, 0.1) is 12.7 Å². The summed E-state index contributed by atoms with van der Waals surface area (Å²) in [7, 11) is 0. The molecule has 1 aromatic carbocycles. The quantitative estimate of drug-likeness (QED) is 0.169. The van der Waals surface area contributed by atoms with Crippen LogP contribution in [0.1, 0.15) is 48.0 Å². The number of aliphatic imine (C=N–C) groups is 1. The fourth-order valence-corrected chi connectivity index (χ4v) is 2.92. The molecule has 0 saturated carbocycles. The van der Waals surface area contributed by atoms with Crippen LogP contribution in [0.3, 0.4) is 0 Å². The molecule has 1 atom stereocenters. The fourth-order valence-electron chi connectivity index (χ4n) is 2.92. The van der Waals surface area contributed by atoms with E-state index in [1.807, 2.05) is 13.8 Å². The van der Waals surface area contributed by atoms with Crippen molar-refractivity contribution >= 4 is 29.5 Å². The summed E-state index contributed by atoms with van der Waals surface area (Å²) in [5.74, 6) is 10.2. The number of aryl methyl sites for hydroxylation is 1. The monoisotopic (exact) mass is 470 g/mol. The number of aliphatic hydroxyl groups is 1. The molecule has 1 unspecified atom stereocenters. The lowest BCUT2D eigenvalue weighted by Crippen LogP contribution is -2.47. The number of carbonyl (C=O) groups is 1.